The van der Waals surface area contributed by atoms with Gasteiger partial charge in [0.2, 0.25) is 0 Å². The Balaban J connectivity index is 1.76. The van der Waals surface area contributed by atoms with Gasteiger partial charge >= 0.3 is 0 Å². The first-order valence-corrected chi connectivity index (χ1v) is 7.65. The lowest BCUT2D eigenvalue weighted by Crippen LogP contribution is -2.42. The highest BCUT2D eigenvalue weighted by atomic mass is 32.1. The van der Waals surface area contributed by atoms with Crippen molar-refractivity contribution in [1.29, 1.82) is 0 Å². The van der Waals surface area contributed by atoms with E-state index < -0.39 is 0 Å². The summed E-state index contributed by atoms with van der Waals surface area (Å²) in [7, 11) is 0. The first-order valence-electron chi connectivity index (χ1n) is 7.24. The zero-order valence-corrected chi connectivity index (χ0v) is 12.4. The molecule has 0 bridgehead atoms. The normalized spacial score (nSPS) is 25.0. The highest BCUT2D eigenvalue weighted by Gasteiger charge is 2.19. The summed E-state index contributed by atoms with van der Waals surface area (Å²) in [4.78, 5) is 2.37. The van der Waals surface area contributed by atoms with Crippen molar-refractivity contribution < 1.29 is 4.74 Å². The number of fused-ring (bicyclic) bond motifs is 1. The van der Waals surface area contributed by atoms with Gasteiger partial charge < -0.3 is 9.30 Å². The molecule has 6 heteroatoms. The van der Waals surface area contributed by atoms with Crippen LogP contribution in [0.25, 0.3) is 0 Å². The van der Waals surface area contributed by atoms with E-state index in [1.165, 1.54) is 25.1 Å². The predicted octanol–water partition coefficient (Wildman–Crippen LogP) is 1.82. The molecule has 2 aliphatic rings. The Hall–Kier alpha value is -0.720. The van der Waals surface area contributed by atoms with Crippen LogP contribution >= 0.6 is 12.2 Å². The van der Waals surface area contributed by atoms with E-state index >= 15 is 0 Å². The Morgan fingerprint density at radius 1 is 1.32 bits per heavy atom. The van der Waals surface area contributed by atoms with Gasteiger partial charge in [-0.05, 0) is 32.0 Å². The maximum atomic E-state index is 5.58. The summed E-state index contributed by atoms with van der Waals surface area (Å²) < 4.78 is 10.7. The van der Waals surface area contributed by atoms with Crippen molar-refractivity contribution in [2.24, 2.45) is 0 Å². The van der Waals surface area contributed by atoms with Gasteiger partial charge in [-0.3, -0.25) is 4.90 Å². The highest BCUT2D eigenvalue weighted by Crippen LogP contribution is 2.15. The lowest BCUT2D eigenvalue weighted by molar-refractivity contribution is -0.0307. The number of rotatable bonds is 2. The smallest absolute Gasteiger partial charge is 0.199 e. The molecule has 5 nitrogen and oxygen atoms in total. The van der Waals surface area contributed by atoms with E-state index in [1.807, 2.05) is 4.68 Å². The van der Waals surface area contributed by atoms with Crippen molar-refractivity contribution in [1.82, 2.24) is 19.2 Å². The summed E-state index contributed by atoms with van der Waals surface area (Å²) in [5, 5.41) is 4.72. The molecule has 1 aromatic heterocycles. The average Bonchev–Trinajstić information content (AvgIpc) is 2.58. The molecule has 19 heavy (non-hydrogen) atoms. The molecule has 0 aliphatic carbocycles. The zero-order valence-electron chi connectivity index (χ0n) is 11.5. The van der Waals surface area contributed by atoms with Crippen molar-refractivity contribution in [2.75, 3.05) is 19.7 Å². The van der Waals surface area contributed by atoms with E-state index in [0.29, 0.717) is 6.10 Å². The molecule has 0 radical (unpaired) electrons. The summed E-state index contributed by atoms with van der Waals surface area (Å²) in [6, 6.07) is 0. The summed E-state index contributed by atoms with van der Waals surface area (Å²) in [5.41, 5.74) is 0. The van der Waals surface area contributed by atoms with E-state index in [2.05, 4.69) is 16.4 Å². The topological polar surface area (TPSA) is 35.2 Å². The molecule has 1 unspecified atom stereocenters. The molecular weight excluding hydrogens is 260 g/mol. The molecule has 1 aromatic rings. The number of ether oxygens (including phenoxy) is 1. The molecule has 2 aliphatic heterocycles. The van der Waals surface area contributed by atoms with Gasteiger partial charge in [-0.25, -0.2) is 4.68 Å². The molecule has 0 amide bonds. The van der Waals surface area contributed by atoms with Crippen LogP contribution in [0.5, 0.6) is 0 Å². The van der Waals surface area contributed by atoms with Crippen molar-refractivity contribution in [3.8, 4) is 0 Å². The van der Waals surface area contributed by atoms with Crippen LogP contribution in [0.15, 0.2) is 0 Å². The van der Waals surface area contributed by atoms with Crippen molar-refractivity contribution >= 4 is 12.2 Å². The number of hydrogen-bond acceptors (Lipinski definition) is 4. The van der Waals surface area contributed by atoms with Crippen LogP contribution in [-0.2, 0) is 24.4 Å². The van der Waals surface area contributed by atoms with Crippen LogP contribution in [0.1, 0.15) is 32.0 Å². The second kappa shape index (κ2) is 5.73. The molecule has 0 N–H and O–H groups in total. The van der Waals surface area contributed by atoms with Crippen LogP contribution < -0.4 is 0 Å². The zero-order chi connectivity index (χ0) is 13.2. The fraction of sp³-hybridized carbons (Fsp3) is 0.846. The third-order valence-corrected chi connectivity index (χ3v) is 4.37. The summed E-state index contributed by atoms with van der Waals surface area (Å²) >= 11 is 5.58. The van der Waals surface area contributed by atoms with Crippen LogP contribution in [0.2, 0.25) is 0 Å². The number of aryl methyl sites for hydroxylation is 1. The van der Waals surface area contributed by atoms with E-state index in [9.17, 15) is 0 Å². The summed E-state index contributed by atoms with van der Waals surface area (Å²) in [6.45, 7) is 6.69. The van der Waals surface area contributed by atoms with Gasteiger partial charge in [0, 0.05) is 26.1 Å². The fourth-order valence-electron chi connectivity index (χ4n) is 2.93. The second-order valence-electron chi connectivity index (χ2n) is 5.56. The van der Waals surface area contributed by atoms with E-state index in [1.54, 1.807) is 0 Å². The predicted molar refractivity (Wildman–Crippen MR) is 75.6 cm³/mol. The number of hydrogen-bond donors (Lipinski definition) is 0. The highest BCUT2D eigenvalue weighted by molar-refractivity contribution is 7.71. The third-order valence-electron chi connectivity index (χ3n) is 3.94. The van der Waals surface area contributed by atoms with Crippen molar-refractivity contribution in [3.05, 3.63) is 10.6 Å². The SMILES string of the molecule is CC1CN(Cn2nc3n(c2=S)CCCCC3)CCO1. The molecule has 0 aromatic carbocycles. The minimum Gasteiger partial charge on any atom is -0.376 e. The Morgan fingerprint density at radius 3 is 3.05 bits per heavy atom. The molecule has 1 saturated heterocycles. The van der Waals surface area contributed by atoms with Gasteiger partial charge in [-0.1, -0.05) is 6.42 Å². The first kappa shape index (κ1) is 13.3. The molecule has 3 rings (SSSR count). The van der Waals surface area contributed by atoms with Crippen LogP contribution in [0.4, 0.5) is 0 Å². The van der Waals surface area contributed by atoms with Gasteiger partial charge in [-0.2, -0.15) is 5.10 Å². The Labute approximate surface area is 119 Å². The monoisotopic (exact) mass is 282 g/mol. The van der Waals surface area contributed by atoms with E-state index in [0.717, 1.165) is 44.1 Å². The molecule has 106 valence electrons. The first-order chi connectivity index (χ1) is 9.24. The van der Waals surface area contributed by atoms with Gasteiger partial charge in [0.15, 0.2) is 4.77 Å². The van der Waals surface area contributed by atoms with Crippen LogP contribution in [0.3, 0.4) is 0 Å². The van der Waals surface area contributed by atoms with E-state index in [4.69, 9.17) is 22.1 Å². The second-order valence-corrected chi connectivity index (χ2v) is 5.93. The Morgan fingerprint density at radius 2 is 2.21 bits per heavy atom. The minimum atomic E-state index is 0.309. The lowest BCUT2D eigenvalue weighted by Gasteiger charge is -2.30. The van der Waals surface area contributed by atoms with Crippen LogP contribution in [-0.4, -0.2) is 45.0 Å². The third kappa shape index (κ3) is 2.90. The van der Waals surface area contributed by atoms with Gasteiger partial charge in [-0.15, -0.1) is 0 Å². The molecule has 0 spiro atoms. The number of nitrogens with zero attached hydrogens (tertiary/aromatic N) is 4. The van der Waals surface area contributed by atoms with E-state index in [-0.39, 0.29) is 0 Å². The molecule has 1 fully saturated rings. The maximum absolute atomic E-state index is 5.58. The largest absolute Gasteiger partial charge is 0.376 e. The van der Waals surface area contributed by atoms with Gasteiger partial charge in [0.25, 0.3) is 0 Å². The molecule has 0 saturated carbocycles. The molecule has 3 heterocycles. The number of aromatic nitrogens is 3. The minimum absolute atomic E-state index is 0.309. The number of morpholine rings is 1. The summed E-state index contributed by atoms with van der Waals surface area (Å²) in [6.07, 6.45) is 5.13. The average molecular weight is 282 g/mol. The van der Waals surface area contributed by atoms with Crippen molar-refractivity contribution in [3.63, 3.8) is 0 Å². The fourth-order valence-corrected chi connectivity index (χ4v) is 3.22. The lowest BCUT2D eigenvalue weighted by atomic mass is 10.2. The summed E-state index contributed by atoms with van der Waals surface area (Å²) in [5.74, 6) is 1.17. The maximum Gasteiger partial charge on any atom is 0.199 e. The molecule has 1 atom stereocenters. The molecular formula is C13H22N4OS. The quantitative estimate of drug-likeness (QED) is 0.775. The van der Waals surface area contributed by atoms with Gasteiger partial charge in [0.05, 0.1) is 19.4 Å². The Kier molecular flexibility index (Phi) is 4.00. The van der Waals surface area contributed by atoms with Crippen molar-refractivity contribution in [2.45, 2.75) is 51.9 Å². The Bertz CT molecular complexity index is 495. The standard InChI is InChI=1S/C13H22N4OS/c1-11-9-15(7-8-18-11)10-17-13(19)16-6-4-2-3-5-12(16)14-17/h11H,2-10H2,1H3. The van der Waals surface area contributed by atoms with Crippen LogP contribution in [0, 0.1) is 4.77 Å². The van der Waals surface area contributed by atoms with Gasteiger partial charge in [0.1, 0.15) is 5.82 Å².